The molecule has 2 N–H and O–H groups in total. The van der Waals surface area contributed by atoms with Gasteiger partial charge in [0, 0.05) is 0 Å². The van der Waals surface area contributed by atoms with E-state index in [-0.39, 0.29) is 0 Å². The van der Waals surface area contributed by atoms with E-state index in [2.05, 4.69) is 9.47 Å². The van der Waals surface area contributed by atoms with Crippen molar-refractivity contribution in [2.45, 2.75) is 13.8 Å². The van der Waals surface area contributed by atoms with Gasteiger partial charge in [-0.1, -0.05) is 0 Å². The Morgan fingerprint density at radius 1 is 0.196 bits per heavy atom. The zero-order valence-corrected chi connectivity index (χ0v) is 52.6. The number of ether oxygens (including phenoxy) is 2. The highest BCUT2D eigenvalue weighted by Gasteiger charge is 2.46. The molecule has 0 aliphatic rings. The maximum Gasteiger partial charge on any atom is 0.205 e. The highest BCUT2D eigenvalue weighted by atomic mass is 19.2. The zero-order chi connectivity index (χ0) is 83.5. The van der Waals surface area contributed by atoms with Gasteiger partial charge in [-0.3, -0.25) is 9.59 Å². The van der Waals surface area contributed by atoms with Gasteiger partial charge in [0.15, 0.2) is 198 Å². The number of halogens is 36. The lowest BCUT2D eigenvalue weighted by molar-refractivity contribution is 0.100. The highest BCUT2D eigenvalue weighted by Crippen LogP contribution is 2.52. The maximum atomic E-state index is 16.0. The quantitative estimate of drug-likeness (QED) is 0.0640. The van der Waals surface area contributed by atoms with Crippen molar-refractivity contribution < 1.29 is 187 Å². The van der Waals surface area contributed by atoms with Gasteiger partial charge in [0.2, 0.25) is 34.8 Å². The third-order valence-corrected chi connectivity index (χ3v) is 16.4. The molecule has 6 nitrogen and oxygen atoms in total. The van der Waals surface area contributed by atoms with Crippen LogP contribution in [-0.2, 0) is 0 Å². The predicted molar refractivity (Wildman–Crippen MR) is 305 cm³/mol. The molecule has 42 heteroatoms. The topological polar surface area (TPSA) is 93.1 Å². The molecule has 0 atom stereocenters. The average molecular weight is 1630 g/mol. The summed E-state index contributed by atoms with van der Waals surface area (Å²) >= 11 is 0. The van der Waals surface area contributed by atoms with Crippen molar-refractivity contribution in [1.29, 1.82) is 0 Å². The van der Waals surface area contributed by atoms with Crippen LogP contribution in [0, 0.1) is 209 Å². The van der Waals surface area contributed by atoms with Gasteiger partial charge < -0.3 is 19.7 Å². The molecule has 0 aliphatic heterocycles. The van der Waals surface area contributed by atoms with Crippen LogP contribution in [-0.4, -0.2) is 21.8 Å². The SMILES string of the molecule is CC(=O)c1cc(Oc2c(F)c(F)c(-c3c(F)c(F)c(-c4c(F)c(F)c(-c5c(F)c(F)c(-c6c(F)c(F)c(-c7c(F)c(F)c(-c8c(F)c(F)c(-c9c(F)c(F)c(-c%10c(F)c(F)c(Oc%11ccc(O)c(C(C)=O)c%11)c(F)c%10F)c(F)c9F)c(F)c8F)c(F)c7F)c(F)c6F)c(F)c5F)c(F)c4F)c(F)c3F)c(F)c2F)ccc1O. The monoisotopic (exact) mass is 1630 g/mol. The molecule has 0 amide bonds. The van der Waals surface area contributed by atoms with Gasteiger partial charge in [-0.15, -0.1) is 0 Å². The van der Waals surface area contributed by atoms with Gasteiger partial charge >= 0.3 is 0 Å². The number of hydrogen-bond donors (Lipinski definition) is 2. The van der Waals surface area contributed by atoms with E-state index in [1.54, 1.807) is 0 Å². The Hall–Kier alpha value is -12.6. The van der Waals surface area contributed by atoms with Gasteiger partial charge in [0.05, 0.1) is 100 Å². The second kappa shape index (κ2) is 28.4. The van der Waals surface area contributed by atoms with Gasteiger partial charge in [-0.2, -0.15) is 17.6 Å². The van der Waals surface area contributed by atoms with Gasteiger partial charge in [-0.25, -0.2) is 140 Å². The summed E-state index contributed by atoms with van der Waals surface area (Å²) in [6.07, 6.45) is 0. The molecule has 0 fully saturated rings. The predicted octanol–water partition coefficient (Wildman–Crippen LogP) is 23.4. The van der Waals surface area contributed by atoms with Gasteiger partial charge in [0.1, 0.15) is 23.0 Å². The van der Waals surface area contributed by atoms with Crippen LogP contribution in [0.5, 0.6) is 34.5 Å². The summed E-state index contributed by atoms with van der Waals surface area (Å²) in [5.74, 6) is -134. The maximum absolute atomic E-state index is 16.0. The Morgan fingerprint density at radius 3 is 0.411 bits per heavy atom. The number of aromatic hydroxyl groups is 2. The molecule has 11 rings (SSSR count). The number of phenolic OH excluding ortho intramolecular Hbond substituents is 2. The Balaban J connectivity index is 0.961. The Kier molecular flexibility index (Phi) is 20.4. The molecular formula is C70H14F36O6. The van der Waals surface area contributed by atoms with Crippen molar-refractivity contribution in [2.75, 3.05) is 0 Å². The molecule has 0 saturated heterocycles. The first-order valence-corrected chi connectivity index (χ1v) is 29.0. The fourth-order valence-electron chi connectivity index (χ4n) is 11.3. The molecular weight excluding hydrogens is 1620 g/mol. The number of hydrogen-bond acceptors (Lipinski definition) is 6. The minimum atomic E-state index is -3.72. The summed E-state index contributed by atoms with van der Waals surface area (Å²) in [6, 6.07) is 3.44. The second-order valence-electron chi connectivity index (χ2n) is 22.6. The molecule has 0 spiro atoms. The van der Waals surface area contributed by atoms with Crippen molar-refractivity contribution in [2.24, 2.45) is 0 Å². The Bertz CT molecular complexity index is 5510. The van der Waals surface area contributed by atoms with Crippen molar-refractivity contribution in [1.82, 2.24) is 0 Å². The van der Waals surface area contributed by atoms with E-state index >= 15 is 158 Å². The van der Waals surface area contributed by atoms with Crippen molar-refractivity contribution in [3.05, 3.63) is 257 Å². The van der Waals surface area contributed by atoms with E-state index in [9.17, 15) is 19.8 Å². The lowest BCUT2D eigenvalue weighted by Crippen LogP contribution is -2.14. The second-order valence-corrected chi connectivity index (χ2v) is 22.6. The van der Waals surface area contributed by atoms with Crippen LogP contribution in [0.15, 0.2) is 36.4 Å². The van der Waals surface area contributed by atoms with Crippen LogP contribution in [0.4, 0.5) is 158 Å². The van der Waals surface area contributed by atoms with Crippen LogP contribution in [0.1, 0.15) is 34.6 Å². The van der Waals surface area contributed by atoms with Gasteiger partial charge in [-0.05, 0) is 50.2 Å². The molecule has 0 saturated carbocycles. The highest BCUT2D eigenvalue weighted by molar-refractivity contribution is 5.98. The normalized spacial score (nSPS) is 11.6. The first-order chi connectivity index (χ1) is 52.1. The van der Waals surface area contributed by atoms with Crippen molar-refractivity contribution >= 4 is 11.6 Å². The summed E-state index contributed by atoms with van der Waals surface area (Å²) in [5, 5.41) is 19.6. The number of ketones is 2. The number of rotatable bonds is 14. The largest absolute Gasteiger partial charge is 0.507 e. The number of carbonyl (C=O) groups is 2. The molecule has 582 valence electrons. The van der Waals surface area contributed by atoms with Crippen LogP contribution >= 0.6 is 0 Å². The van der Waals surface area contributed by atoms with E-state index in [0.29, 0.717) is 36.4 Å². The van der Waals surface area contributed by atoms with Crippen LogP contribution in [0.2, 0.25) is 0 Å². The van der Waals surface area contributed by atoms with E-state index in [0.717, 1.165) is 13.8 Å². The lowest BCUT2D eigenvalue weighted by atomic mass is 9.90. The zero-order valence-electron chi connectivity index (χ0n) is 52.6. The molecule has 0 bridgehead atoms. The molecule has 0 aliphatic carbocycles. The molecule has 112 heavy (non-hydrogen) atoms. The van der Waals surface area contributed by atoms with Crippen LogP contribution < -0.4 is 9.47 Å². The lowest BCUT2D eigenvalue weighted by Gasteiger charge is -2.19. The third kappa shape index (κ3) is 11.8. The number of carbonyl (C=O) groups excluding carboxylic acids is 2. The smallest absolute Gasteiger partial charge is 0.205 e. The van der Waals surface area contributed by atoms with E-state index in [4.69, 9.17) is 0 Å². The van der Waals surface area contributed by atoms with Gasteiger partial charge in [0.25, 0.3) is 0 Å². The fraction of sp³-hybridized carbons (Fsp3) is 0.0286. The minimum Gasteiger partial charge on any atom is -0.507 e. The summed E-state index contributed by atoms with van der Waals surface area (Å²) in [6.45, 7) is 1.62. The summed E-state index contributed by atoms with van der Waals surface area (Å²) < 4.78 is 578. The Morgan fingerprint density at radius 2 is 0.304 bits per heavy atom. The van der Waals surface area contributed by atoms with Crippen molar-refractivity contribution in [3.8, 4) is 124 Å². The van der Waals surface area contributed by atoms with E-state index in [1.807, 2.05) is 0 Å². The summed E-state index contributed by atoms with van der Waals surface area (Å²) in [5.41, 5.74) is -51.6. The molecule has 0 aromatic heterocycles. The fourth-order valence-corrected chi connectivity index (χ4v) is 11.3. The molecule has 0 heterocycles. The Labute approximate surface area is 592 Å². The number of phenols is 2. The third-order valence-electron chi connectivity index (χ3n) is 16.4. The van der Waals surface area contributed by atoms with Crippen LogP contribution in [0.3, 0.4) is 0 Å². The van der Waals surface area contributed by atoms with E-state index in [1.165, 1.54) is 0 Å². The summed E-state index contributed by atoms with van der Waals surface area (Å²) in [4.78, 5) is 23.5. The molecule has 0 radical (unpaired) electrons. The summed E-state index contributed by atoms with van der Waals surface area (Å²) in [7, 11) is 0. The number of Topliss-reactive ketones (excluding diaryl/α,β-unsaturated/α-hetero) is 2. The molecule has 0 unspecified atom stereocenters. The van der Waals surface area contributed by atoms with Crippen molar-refractivity contribution in [3.63, 3.8) is 0 Å². The average Bonchev–Trinajstić information content (AvgIpc) is 0.712. The standard InChI is InChI=1S/C70H14F36O6/c1-9(107)13-7-11(3-5-15(13)109)111-69-65(103)61(99)31(62(100)66(69)104)29-57(95)53(91)27(54(92)58(29)96)25-49(87)45(83)23(46(84)50(25)88)21-41(79)37(75)19(38(76)42(21)80)17-33(71)35(73)18(36(74)34(17)72)20-39(77)43(81)22(44(82)40(20)78)24-47(85)51(89)26(52(90)48(24)86)28-55(93)59(97)30(60(98)56(28)94)32-63(101)67(105)70(68(106)64(32)102)112-12-4-6-16(110)14(8-12)10(2)108/h3-8,109-110H,1-2H3. The van der Waals surface area contributed by atoms with Crippen LogP contribution in [0.25, 0.3) is 89.0 Å². The molecule has 11 aromatic carbocycles. The minimum absolute atomic E-state index is 0.507. The number of benzene rings is 11. The first kappa shape index (κ1) is 80.5. The first-order valence-electron chi connectivity index (χ1n) is 29.0. The van der Waals surface area contributed by atoms with E-state index < -0.39 is 356 Å². The molecule has 11 aromatic rings.